The molecule has 0 radical (unpaired) electrons. The summed E-state index contributed by atoms with van der Waals surface area (Å²) >= 11 is 3.43. The maximum absolute atomic E-state index is 13.3. The minimum absolute atomic E-state index is 0.107. The fourth-order valence-corrected chi connectivity index (χ4v) is 4.98. The Morgan fingerprint density at radius 2 is 1.68 bits per heavy atom. The number of benzene rings is 3. The third-order valence-corrected chi connectivity index (χ3v) is 7.21. The Balaban J connectivity index is 1.82. The summed E-state index contributed by atoms with van der Waals surface area (Å²) in [7, 11) is -3.85. The van der Waals surface area contributed by atoms with Gasteiger partial charge < -0.3 is 5.32 Å². The molecule has 0 saturated heterocycles. The van der Waals surface area contributed by atoms with Gasteiger partial charge in [0.15, 0.2) is 0 Å². The highest BCUT2D eigenvalue weighted by molar-refractivity contribution is 9.10. The van der Waals surface area contributed by atoms with E-state index in [2.05, 4.69) is 21.2 Å². The lowest BCUT2D eigenvalue weighted by atomic mass is 10.1. The van der Waals surface area contributed by atoms with Gasteiger partial charge in [-0.3, -0.25) is 4.79 Å². The zero-order valence-corrected chi connectivity index (χ0v) is 19.9. The van der Waals surface area contributed by atoms with Crippen molar-refractivity contribution in [1.29, 1.82) is 0 Å². The quantitative estimate of drug-likeness (QED) is 0.481. The van der Waals surface area contributed by atoms with E-state index in [9.17, 15) is 13.2 Å². The van der Waals surface area contributed by atoms with Gasteiger partial charge in [0.2, 0.25) is 15.9 Å². The van der Waals surface area contributed by atoms with Crippen LogP contribution in [-0.4, -0.2) is 25.2 Å². The van der Waals surface area contributed by atoms with Gasteiger partial charge in [-0.15, -0.1) is 0 Å². The van der Waals surface area contributed by atoms with Crippen LogP contribution >= 0.6 is 15.9 Å². The number of nitrogens with one attached hydrogen (secondary N) is 1. The summed E-state index contributed by atoms with van der Waals surface area (Å²) in [6, 6.07) is 23.3. The van der Waals surface area contributed by atoms with E-state index in [1.807, 2.05) is 68.4 Å². The monoisotopic (exact) mass is 500 g/mol. The molecule has 0 aliphatic carbocycles. The standard InChI is InChI=1S/C24H25BrN2O3S/c1-18-11-13-23(14-12-18)31(29,30)27(16-20-7-4-3-5-8-20)17-24(28)26-19(2)21-9-6-10-22(25)15-21/h3-15,19H,16-17H2,1-2H3,(H,26,28)/t19-/m1/s1. The summed E-state index contributed by atoms with van der Waals surface area (Å²) in [5.41, 5.74) is 2.71. The minimum Gasteiger partial charge on any atom is -0.348 e. The molecule has 0 heterocycles. The van der Waals surface area contributed by atoms with Crippen molar-refractivity contribution in [3.63, 3.8) is 0 Å². The molecule has 7 heteroatoms. The predicted octanol–water partition coefficient (Wildman–Crippen LogP) is 4.83. The lowest BCUT2D eigenvalue weighted by Crippen LogP contribution is -2.41. The molecule has 0 fully saturated rings. The number of hydrogen-bond acceptors (Lipinski definition) is 3. The van der Waals surface area contributed by atoms with Gasteiger partial charge in [0.05, 0.1) is 17.5 Å². The molecule has 3 aromatic rings. The molecule has 0 aliphatic rings. The van der Waals surface area contributed by atoms with E-state index in [4.69, 9.17) is 0 Å². The summed E-state index contributed by atoms with van der Waals surface area (Å²) in [5, 5.41) is 2.91. The number of halogens is 1. The molecule has 1 N–H and O–H groups in total. The molecular formula is C24H25BrN2O3S. The van der Waals surface area contributed by atoms with E-state index in [0.29, 0.717) is 0 Å². The number of carbonyl (C=O) groups is 1. The Hall–Kier alpha value is -2.48. The first-order valence-electron chi connectivity index (χ1n) is 9.91. The van der Waals surface area contributed by atoms with Crippen molar-refractivity contribution in [2.24, 2.45) is 0 Å². The van der Waals surface area contributed by atoms with Gasteiger partial charge in [-0.25, -0.2) is 8.42 Å². The van der Waals surface area contributed by atoms with Crippen LogP contribution in [0.1, 0.15) is 29.7 Å². The van der Waals surface area contributed by atoms with Crippen LogP contribution in [0.25, 0.3) is 0 Å². The van der Waals surface area contributed by atoms with Crippen molar-refractivity contribution in [2.45, 2.75) is 31.3 Å². The first-order chi connectivity index (χ1) is 14.8. The third-order valence-electron chi connectivity index (χ3n) is 4.91. The molecule has 3 rings (SSSR count). The van der Waals surface area contributed by atoms with Gasteiger partial charge >= 0.3 is 0 Å². The Bertz CT molecular complexity index is 1130. The normalized spacial score (nSPS) is 12.5. The summed E-state index contributed by atoms with van der Waals surface area (Å²) in [5.74, 6) is -0.362. The van der Waals surface area contributed by atoms with E-state index < -0.39 is 10.0 Å². The van der Waals surface area contributed by atoms with Crippen molar-refractivity contribution in [3.05, 3.63) is 100 Å². The highest BCUT2D eigenvalue weighted by Gasteiger charge is 2.27. The van der Waals surface area contributed by atoms with E-state index in [1.165, 1.54) is 4.31 Å². The van der Waals surface area contributed by atoms with E-state index in [-0.39, 0.29) is 29.9 Å². The van der Waals surface area contributed by atoms with Crippen LogP contribution in [0, 0.1) is 6.92 Å². The molecule has 0 saturated carbocycles. The molecule has 0 unspecified atom stereocenters. The second-order valence-corrected chi connectivity index (χ2v) is 10.3. The van der Waals surface area contributed by atoms with Crippen LogP contribution in [0.2, 0.25) is 0 Å². The zero-order chi connectivity index (χ0) is 22.4. The number of rotatable bonds is 8. The first-order valence-corrected chi connectivity index (χ1v) is 12.1. The smallest absolute Gasteiger partial charge is 0.243 e. The molecule has 5 nitrogen and oxygen atoms in total. The average molecular weight is 501 g/mol. The van der Waals surface area contributed by atoms with Crippen molar-refractivity contribution < 1.29 is 13.2 Å². The average Bonchev–Trinajstić information content (AvgIpc) is 2.74. The van der Waals surface area contributed by atoms with E-state index in [0.717, 1.165) is 21.2 Å². The van der Waals surface area contributed by atoms with Gasteiger partial charge in [-0.2, -0.15) is 4.31 Å². The lowest BCUT2D eigenvalue weighted by Gasteiger charge is -2.23. The number of aryl methyl sites for hydroxylation is 1. The van der Waals surface area contributed by atoms with Crippen LogP contribution in [-0.2, 0) is 21.4 Å². The molecule has 0 spiro atoms. The number of hydrogen-bond donors (Lipinski definition) is 1. The largest absolute Gasteiger partial charge is 0.348 e. The Morgan fingerprint density at radius 1 is 1.00 bits per heavy atom. The number of nitrogens with zero attached hydrogens (tertiary/aromatic N) is 1. The minimum atomic E-state index is -3.85. The highest BCUT2D eigenvalue weighted by Crippen LogP contribution is 2.20. The Morgan fingerprint density at radius 3 is 2.32 bits per heavy atom. The van der Waals surface area contributed by atoms with E-state index >= 15 is 0 Å². The van der Waals surface area contributed by atoms with Crippen molar-refractivity contribution in [1.82, 2.24) is 9.62 Å². The molecular weight excluding hydrogens is 476 g/mol. The van der Waals surface area contributed by atoms with Gasteiger partial charge in [0.25, 0.3) is 0 Å². The molecule has 3 aromatic carbocycles. The summed E-state index contributed by atoms with van der Waals surface area (Å²) in [6.07, 6.45) is 0. The van der Waals surface area contributed by atoms with Crippen molar-refractivity contribution in [2.75, 3.05) is 6.54 Å². The number of carbonyl (C=O) groups excluding carboxylic acids is 1. The fraction of sp³-hybridized carbons (Fsp3) is 0.208. The molecule has 0 aliphatic heterocycles. The maximum atomic E-state index is 13.3. The van der Waals surface area contributed by atoms with Crippen LogP contribution < -0.4 is 5.32 Å². The zero-order valence-electron chi connectivity index (χ0n) is 17.5. The lowest BCUT2D eigenvalue weighted by molar-refractivity contribution is -0.122. The molecule has 0 bridgehead atoms. The fourth-order valence-electron chi connectivity index (χ4n) is 3.18. The summed E-state index contributed by atoms with van der Waals surface area (Å²) in [6.45, 7) is 3.60. The highest BCUT2D eigenvalue weighted by atomic mass is 79.9. The van der Waals surface area contributed by atoms with Crippen LogP contribution in [0.4, 0.5) is 0 Å². The van der Waals surface area contributed by atoms with Crippen molar-refractivity contribution in [3.8, 4) is 0 Å². The first kappa shape index (κ1) is 23.2. The Kier molecular flexibility index (Phi) is 7.64. The molecule has 31 heavy (non-hydrogen) atoms. The SMILES string of the molecule is Cc1ccc(S(=O)(=O)N(CC(=O)N[C@H](C)c2cccc(Br)c2)Cc2ccccc2)cc1. The topological polar surface area (TPSA) is 66.5 Å². The van der Waals surface area contributed by atoms with Crippen LogP contribution in [0.15, 0.2) is 88.2 Å². The molecule has 162 valence electrons. The van der Waals surface area contributed by atoms with Crippen molar-refractivity contribution >= 4 is 31.9 Å². The maximum Gasteiger partial charge on any atom is 0.243 e. The predicted molar refractivity (Wildman–Crippen MR) is 126 cm³/mol. The van der Waals surface area contributed by atoms with Gasteiger partial charge in [-0.1, -0.05) is 76.1 Å². The summed E-state index contributed by atoms with van der Waals surface area (Å²) in [4.78, 5) is 13.0. The molecule has 1 atom stereocenters. The van der Waals surface area contributed by atoms with Gasteiger partial charge in [-0.05, 0) is 49.2 Å². The number of amides is 1. The third kappa shape index (κ3) is 6.26. The Labute approximate surface area is 192 Å². The second kappa shape index (κ2) is 10.2. The summed E-state index contributed by atoms with van der Waals surface area (Å²) < 4.78 is 28.8. The van der Waals surface area contributed by atoms with Crippen LogP contribution in [0.3, 0.4) is 0 Å². The molecule has 1 amide bonds. The van der Waals surface area contributed by atoms with E-state index in [1.54, 1.807) is 24.3 Å². The molecule has 0 aromatic heterocycles. The second-order valence-electron chi connectivity index (χ2n) is 7.42. The van der Waals surface area contributed by atoms with Crippen LogP contribution in [0.5, 0.6) is 0 Å². The van der Waals surface area contributed by atoms with Gasteiger partial charge in [0, 0.05) is 11.0 Å². The van der Waals surface area contributed by atoms with Gasteiger partial charge in [0.1, 0.15) is 0 Å². The number of sulfonamides is 1.